The van der Waals surface area contributed by atoms with Crippen molar-refractivity contribution in [3.63, 3.8) is 0 Å². The fraction of sp³-hybridized carbons (Fsp3) is 0.733. The first-order valence-electron chi connectivity index (χ1n) is 10.1. The molecule has 2 aliphatic rings. The smallest absolute Gasteiger partial charge is 0.394 e. The van der Waals surface area contributed by atoms with Crippen LogP contribution < -0.4 is 11.2 Å². The summed E-state index contributed by atoms with van der Waals surface area (Å²) in [6, 6.07) is 0. The molecule has 1 aromatic heterocycles. The van der Waals surface area contributed by atoms with Gasteiger partial charge in [-0.1, -0.05) is 0 Å². The average Bonchev–Trinajstić information content (AvgIpc) is 3.08. The van der Waals surface area contributed by atoms with Crippen molar-refractivity contribution in [2.45, 2.75) is 55.2 Å². The summed E-state index contributed by atoms with van der Waals surface area (Å²) in [5.74, 6) is -1.43. The molecule has 0 aromatic carbocycles. The number of nitrogens with zero attached hydrogens (tertiary/aromatic N) is 1. The maximum atomic E-state index is 13.5. The molecule has 0 aliphatic carbocycles. The highest BCUT2D eigenvalue weighted by Crippen LogP contribution is 2.61. The summed E-state index contributed by atoms with van der Waals surface area (Å²) in [7, 11) is -11.2. The Labute approximate surface area is 204 Å². The van der Waals surface area contributed by atoms with Gasteiger partial charge in [0.05, 0.1) is 19.4 Å². The molecule has 19 nitrogen and oxygen atoms in total. The molecule has 2 fully saturated rings. The van der Waals surface area contributed by atoms with E-state index in [0.29, 0.717) is 10.8 Å². The molecule has 1 aromatic rings. The Morgan fingerprint density at radius 3 is 2.19 bits per heavy atom. The zero-order chi connectivity index (χ0) is 27.9. The van der Waals surface area contributed by atoms with Gasteiger partial charge in [-0.25, -0.2) is 13.9 Å². The second-order valence-corrected chi connectivity index (χ2v) is 10.8. The third kappa shape index (κ3) is 6.77. The number of rotatable bonds is 9. The van der Waals surface area contributed by atoms with Gasteiger partial charge in [-0.3, -0.25) is 23.4 Å². The average molecular weight is 584 g/mol. The van der Waals surface area contributed by atoms with E-state index in [-0.39, 0.29) is 0 Å². The maximum absolute atomic E-state index is 13.5. The van der Waals surface area contributed by atoms with Crippen LogP contribution in [-0.4, -0.2) is 112 Å². The van der Waals surface area contributed by atoms with Crippen molar-refractivity contribution in [3.05, 3.63) is 32.9 Å². The molecule has 0 amide bonds. The lowest BCUT2D eigenvalue weighted by molar-refractivity contribution is -0.280. The Kier molecular flexibility index (Phi) is 9.23. The van der Waals surface area contributed by atoms with Crippen molar-refractivity contribution >= 4 is 15.6 Å². The zero-order valence-electron chi connectivity index (χ0n) is 18.2. The van der Waals surface area contributed by atoms with Gasteiger partial charge in [0.25, 0.3) is 5.56 Å². The summed E-state index contributed by atoms with van der Waals surface area (Å²) in [6.07, 6.45) is -16.8. The van der Waals surface area contributed by atoms with Crippen LogP contribution in [0.25, 0.3) is 0 Å². The first-order valence-corrected chi connectivity index (χ1v) is 13.1. The van der Waals surface area contributed by atoms with Crippen LogP contribution in [0.2, 0.25) is 0 Å². The van der Waals surface area contributed by atoms with E-state index in [4.69, 9.17) is 14.6 Å². The third-order valence-corrected chi connectivity index (χ3v) is 7.83. The highest BCUT2D eigenvalue weighted by molar-refractivity contribution is 7.61. The third-order valence-electron chi connectivity index (χ3n) is 5.23. The summed E-state index contributed by atoms with van der Waals surface area (Å²) < 4.78 is 61.0. The minimum atomic E-state index is -5.64. The molecule has 11 atom stereocenters. The van der Waals surface area contributed by atoms with Crippen LogP contribution in [0.3, 0.4) is 0 Å². The van der Waals surface area contributed by atoms with E-state index in [1.165, 1.54) is 0 Å². The van der Waals surface area contributed by atoms with Gasteiger partial charge < -0.3 is 49.9 Å². The molecule has 22 heteroatoms. The quantitative estimate of drug-likeness (QED) is 0.123. The monoisotopic (exact) mass is 584 g/mol. The summed E-state index contributed by atoms with van der Waals surface area (Å²) in [4.78, 5) is 44.1. The number of aromatic nitrogens is 2. The summed E-state index contributed by atoms with van der Waals surface area (Å²) in [5.41, 5.74) is -2.60. The summed E-state index contributed by atoms with van der Waals surface area (Å²) in [6.45, 7) is -2.04. The highest BCUT2D eigenvalue weighted by atomic mass is 31.3. The number of H-pyrrole nitrogens is 1. The van der Waals surface area contributed by atoms with Crippen LogP contribution in [0.15, 0.2) is 15.8 Å². The van der Waals surface area contributed by atoms with Crippen LogP contribution in [0.5, 0.6) is 0 Å². The molecule has 2 saturated heterocycles. The number of aromatic amines is 1. The molecule has 0 saturated carbocycles. The number of phosphoric acid groups is 2. The van der Waals surface area contributed by atoms with E-state index < -0.39 is 101 Å². The second kappa shape index (κ2) is 11.3. The lowest BCUT2D eigenvalue weighted by Gasteiger charge is -2.39. The molecule has 0 bridgehead atoms. The predicted octanol–water partition coefficient (Wildman–Crippen LogP) is -4.65. The van der Waals surface area contributed by atoms with E-state index >= 15 is 0 Å². The largest absolute Gasteiger partial charge is 0.483 e. The Morgan fingerprint density at radius 2 is 1.57 bits per heavy atom. The number of hydrogen-bond acceptors (Lipinski definition) is 15. The normalized spacial score (nSPS) is 37.7. The zero-order valence-corrected chi connectivity index (χ0v) is 19.9. The predicted molar refractivity (Wildman–Crippen MR) is 109 cm³/mol. The van der Waals surface area contributed by atoms with Crippen molar-refractivity contribution in [3.8, 4) is 0 Å². The molecule has 9 N–H and O–H groups in total. The molecule has 212 valence electrons. The van der Waals surface area contributed by atoms with E-state index in [9.17, 15) is 58.4 Å². The van der Waals surface area contributed by atoms with Crippen molar-refractivity contribution in [2.75, 3.05) is 13.2 Å². The first kappa shape index (κ1) is 30.1. The Balaban J connectivity index is 1.63. The van der Waals surface area contributed by atoms with Crippen LogP contribution in [0.4, 0.5) is 4.39 Å². The van der Waals surface area contributed by atoms with Crippen LogP contribution in [0, 0.1) is 5.82 Å². The van der Waals surface area contributed by atoms with E-state index in [2.05, 4.69) is 13.4 Å². The number of aliphatic hydroxyl groups excluding tert-OH is 6. The number of hydrogen-bond donors (Lipinski definition) is 9. The van der Waals surface area contributed by atoms with Crippen LogP contribution in [-0.2, 0) is 32.0 Å². The van der Waals surface area contributed by atoms with Gasteiger partial charge >= 0.3 is 21.3 Å². The summed E-state index contributed by atoms with van der Waals surface area (Å²) >= 11 is 0. The Bertz CT molecular complexity index is 1180. The van der Waals surface area contributed by atoms with E-state index in [0.717, 1.165) is 0 Å². The van der Waals surface area contributed by atoms with Crippen molar-refractivity contribution < 1.29 is 76.8 Å². The molecular formula is C15H23FN2O17P2. The fourth-order valence-corrected chi connectivity index (χ4v) is 5.53. The maximum Gasteiger partial charge on any atom is 0.483 e. The summed E-state index contributed by atoms with van der Waals surface area (Å²) in [5, 5.41) is 58.5. The lowest BCUT2D eigenvalue weighted by atomic mass is 10.00. The van der Waals surface area contributed by atoms with Crippen LogP contribution >= 0.6 is 15.6 Å². The number of phosphoric ester groups is 2. The Hall–Kier alpha value is -1.45. The molecule has 0 radical (unpaired) electrons. The lowest BCUT2D eigenvalue weighted by Crippen LogP contribution is -2.58. The van der Waals surface area contributed by atoms with E-state index in [1.807, 2.05) is 0 Å². The van der Waals surface area contributed by atoms with Crippen molar-refractivity contribution in [1.82, 2.24) is 9.55 Å². The fourth-order valence-electron chi connectivity index (χ4n) is 3.37. The van der Waals surface area contributed by atoms with Gasteiger partial charge in [0, 0.05) is 0 Å². The van der Waals surface area contributed by atoms with Crippen LogP contribution in [0.1, 0.15) is 6.23 Å². The van der Waals surface area contributed by atoms with Crippen molar-refractivity contribution in [1.29, 1.82) is 0 Å². The number of ether oxygens (including phenoxy) is 2. The Morgan fingerprint density at radius 1 is 0.946 bits per heavy atom. The molecule has 2 aliphatic heterocycles. The number of nitrogens with one attached hydrogen (secondary N) is 1. The standard InChI is InChI=1S/C15H23FN2O17P2/c16-4-1-18(15(26)17-12(4)25)13-10(23)8(21)6(32-13)3-31-36(27,28)35-37(29,30)34-14-11(24)9(22)7(20)5(2-19)33-14/h1,5-11,13-14,19-24H,2-3H2,(H,27,28)(H,29,30)(H,17,25,26)/t5-,6-,7+,8+,9+,10-,11+,13-,14+/m0/s1. The van der Waals surface area contributed by atoms with Gasteiger partial charge in [0.1, 0.15) is 42.7 Å². The first-order chi connectivity index (χ1) is 17.1. The minimum Gasteiger partial charge on any atom is -0.394 e. The molecule has 3 heterocycles. The van der Waals surface area contributed by atoms with Crippen molar-refractivity contribution in [2.24, 2.45) is 0 Å². The minimum absolute atomic E-state index is 0.378. The van der Waals surface area contributed by atoms with Gasteiger partial charge in [-0.2, -0.15) is 8.70 Å². The van der Waals surface area contributed by atoms with Gasteiger partial charge in [0.2, 0.25) is 5.82 Å². The number of halogens is 1. The van der Waals surface area contributed by atoms with Gasteiger partial charge in [-0.05, 0) is 0 Å². The second-order valence-electron chi connectivity index (χ2n) is 7.81. The molecule has 2 unspecified atom stereocenters. The molecule has 37 heavy (non-hydrogen) atoms. The molecule has 3 rings (SSSR count). The van der Waals surface area contributed by atoms with Gasteiger partial charge in [-0.15, -0.1) is 0 Å². The molecular weight excluding hydrogens is 561 g/mol. The van der Waals surface area contributed by atoms with E-state index in [1.54, 1.807) is 4.98 Å². The van der Waals surface area contributed by atoms with Gasteiger partial charge in [0.15, 0.2) is 12.5 Å². The highest BCUT2D eigenvalue weighted by Gasteiger charge is 2.49. The SMILES string of the molecule is O=c1[nH]c(=O)n([C@H]2O[C@@H](COP(=O)(O)OP(=O)(O)O[C@H]3O[C@@H](CO)[C@@H](O)[C@@H](O)[C@H]3O)[C@@H](O)[C@@H]2O)cc1F. The topological polar surface area (TPSA) is 297 Å². The number of aliphatic hydroxyl groups is 6. The molecule has 0 spiro atoms.